The number of carboxylic acids is 1. The average molecular weight is 269 g/mol. The molecule has 1 amide bonds. The van der Waals surface area contributed by atoms with Crippen LogP contribution in [-0.4, -0.2) is 31.0 Å². The highest BCUT2D eigenvalue weighted by atomic mass is 16.4. The van der Waals surface area contributed by atoms with E-state index in [1.54, 1.807) is 0 Å². The van der Waals surface area contributed by atoms with Crippen molar-refractivity contribution < 1.29 is 14.7 Å². The summed E-state index contributed by atoms with van der Waals surface area (Å²) in [6.07, 6.45) is 4.33. The Labute approximate surface area is 115 Å². The Kier molecular flexibility index (Phi) is 6.28. The predicted octanol–water partition coefficient (Wildman–Crippen LogP) is 0.0454. The summed E-state index contributed by atoms with van der Waals surface area (Å²) in [4.78, 5) is 23.3. The molecule has 3 atom stereocenters. The van der Waals surface area contributed by atoms with Gasteiger partial charge in [0.05, 0.1) is 17.9 Å². The van der Waals surface area contributed by atoms with E-state index in [-0.39, 0.29) is 23.8 Å². The molecule has 1 aliphatic rings. The summed E-state index contributed by atoms with van der Waals surface area (Å²) in [5.74, 6) is -1.28. The average Bonchev–Trinajstić information content (AvgIpc) is 2.37. The number of carbonyl (C=O) groups excluding carboxylic acids is 2. The summed E-state index contributed by atoms with van der Waals surface area (Å²) in [6, 6.07) is -0.734. The molecule has 0 radical (unpaired) electrons. The summed E-state index contributed by atoms with van der Waals surface area (Å²) < 4.78 is 0. The molecule has 19 heavy (non-hydrogen) atoms. The molecule has 1 fully saturated rings. The molecule has 0 aromatic heterocycles. The maximum Gasteiger partial charge on any atom is 0.225 e. The lowest BCUT2D eigenvalue weighted by Gasteiger charge is -2.32. The Morgan fingerprint density at radius 2 is 1.89 bits per heavy atom. The summed E-state index contributed by atoms with van der Waals surface area (Å²) in [5.41, 5.74) is 0. The van der Waals surface area contributed by atoms with E-state index in [2.05, 4.69) is 10.6 Å². The van der Waals surface area contributed by atoms with Crippen LogP contribution in [0.25, 0.3) is 0 Å². The fraction of sp³-hybridized carbons (Fsp3) is 0.857. The molecular formula is C14H25N2O3-. The van der Waals surface area contributed by atoms with Gasteiger partial charge in [-0.25, -0.2) is 0 Å². The highest BCUT2D eigenvalue weighted by Crippen LogP contribution is 2.24. The van der Waals surface area contributed by atoms with Crippen molar-refractivity contribution in [3.63, 3.8) is 0 Å². The lowest BCUT2D eigenvalue weighted by molar-refractivity contribution is -0.308. The zero-order valence-corrected chi connectivity index (χ0v) is 12.1. The third-order valence-corrected chi connectivity index (χ3v) is 3.78. The SMILES string of the molecule is CN[C@H]1CCCC[C@@H]1C(=O)N[C@@H](CC(C)C)C(=O)[O-]. The van der Waals surface area contributed by atoms with Crippen molar-refractivity contribution in [2.75, 3.05) is 7.05 Å². The van der Waals surface area contributed by atoms with Gasteiger partial charge < -0.3 is 20.5 Å². The number of hydrogen-bond donors (Lipinski definition) is 2. The molecule has 1 rings (SSSR count). The number of amides is 1. The van der Waals surface area contributed by atoms with Gasteiger partial charge in [0.25, 0.3) is 0 Å². The van der Waals surface area contributed by atoms with E-state index in [0.29, 0.717) is 6.42 Å². The normalized spacial score (nSPS) is 25.1. The summed E-state index contributed by atoms with van der Waals surface area (Å²) in [6.45, 7) is 3.86. The first kappa shape index (κ1) is 16.0. The molecule has 110 valence electrons. The zero-order chi connectivity index (χ0) is 14.4. The molecule has 0 aliphatic heterocycles. The lowest BCUT2D eigenvalue weighted by atomic mass is 9.83. The van der Waals surface area contributed by atoms with E-state index in [4.69, 9.17) is 0 Å². The van der Waals surface area contributed by atoms with Crippen LogP contribution in [0.2, 0.25) is 0 Å². The second-order valence-electron chi connectivity index (χ2n) is 5.80. The summed E-state index contributed by atoms with van der Waals surface area (Å²) in [7, 11) is 1.85. The van der Waals surface area contributed by atoms with Gasteiger partial charge in [0.2, 0.25) is 5.91 Å². The topological polar surface area (TPSA) is 81.3 Å². The Morgan fingerprint density at radius 1 is 1.26 bits per heavy atom. The van der Waals surface area contributed by atoms with Crippen LogP contribution < -0.4 is 15.7 Å². The zero-order valence-electron chi connectivity index (χ0n) is 12.1. The molecule has 5 nitrogen and oxygen atoms in total. The van der Waals surface area contributed by atoms with Crippen LogP contribution in [0, 0.1) is 11.8 Å². The molecule has 0 heterocycles. The Balaban J connectivity index is 2.62. The smallest absolute Gasteiger partial charge is 0.225 e. The largest absolute Gasteiger partial charge is 0.548 e. The highest BCUT2D eigenvalue weighted by Gasteiger charge is 2.31. The van der Waals surface area contributed by atoms with Crippen molar-refractivity contribution in [2.45, 2.75) is 58.0 Å². The van der Waals surface area contributed by atoms with Crippen molar-refractivity contribution in [3.05, 3.63) is 0 Å². The van der Waals surface area contributed by atoms with Gasteiger partial charge in [0.15, 0.2) is 0 Å². The van der Waals surface area contributed by atoms with Gasteiger partial charge in [0.1, 0.15) is 0 Å². The quantitative estimate of drug-likeness (QED) is 0.713. The van der Waals surface area contributed by atoms with Crippen molar-refractivity contribution in [1.29, 1.82) is 0 Å². The van der Waals surface area contributed by atoms with Crippen LogP contribution in [0.4, 0.5) is 0 Å². The van der Waals surface area contributed by atoms with Crippen LogP contribution in [0.15, 0.2) is 0 Å². The maximum atomic E-state index is 12.2. The van der Waals surface area contributed by atoms with Gasteiger partial charge in [-0.1, -0.05) is 26.7 Å². The fourth-order valence-corrected chi connectivity index (χ4v) is 2.75. The predicted molar refractivity (Wildman–Crippen MR) is 71.2 cm³/mol. The first-order valence-corrected chi connectivity index (χ1v) is 7.14. The molecule has 0 bridgehead atoms. The lowest BCUT2D eigenvalue weighted by Crippen LogP contribution is -2.53. The van der Waals surface area contributed by atoms with Crippen LogP contribution in [0.1, 0.15) is 46.0 Å². The van der Waals surface area contributed by atoms with Crippen molar-refractivity contribution in [1.82, 2.24) is 10.6 Å². The third kappa shape index (κ3) is 4.82. The minimum atomic E-state index is -1.20. The van der Waals surface area contributed by atoms with Gasteiger partial charge in [0, 0.05) is 6.04 Å². The van der Waals surface area contributed by atoms with E-state index >= 15 is 0 Å². The van der Waals surface area contributed by atoms with Gasteiger partial charge >= 0.3 is 0 Å². The van der Waals surface area contributed by atoms with E-state index in [1.165, 1.54) is 0 Å². The molecule has 0 spiro atoms. The van der Waals surface area contributed by atoms with Gasteiger partial charge in [-0.2, -0.15) is 0 Å². The molecule has 0 saturated heterocycles. The number of nitrogens with one attached hydrogen (secondary N) is 2. The number of rotatable bonds is 6. The molecule has 1 saturated carbocycles. The van der Waals surface area contributed by atoms with Crippen LogP contribution in [-0.2, 0) is 9.59 Å². The molecule has 0 aromatic carbocycles. The molecule has 0 unspecified atom stereocenters. The minimum Gasteiger partial charge on any atom is -0.548 e. The van der Waals surface area contributed by atoms with Gasteiger partial charge in [-0.05, 0) is 32.2 Å². The van der Waals surface area contributed by atoms with E-state index in [1.807, 2.05) is 20.9 Å². The van der Waals surface area contributed by atoms with E-state index in [0.717, 1.165) is 25.7 Å². The standard InChI is InChI=1S/C14H26N2O3/c1-9(2)8-12(14(18)19)16-13(17)10-6-4-5-7-11(10)15-3/h9-12,15H,4-8H2,1-3H3,(H,16,17)(H,18,19)/p-1/t10-,11-,12-/m0/s1. The maximum absolute atomic E-state index is 12.2. The van der Waals surface area contributed by atoms with Crippen molar-refractivity contribution in [2.24, 2.45) is 11.8 Å². The first-order valence-electron chi connectivity index (χ1n) is 7.14. The monoisotopic (exact) mass is 269 g/mol. The van der Waals surface area contributed by atoms with Gasteiger partial charge in [-0.15, -0.1) is 0 Å². The van der Waals surface area contributed by atoms with Gasteiger partial charge in [-0.3, -0.25) is 4.79 Å². The second-order valence-corrected chi connectivity index (χ2v) is 5.80. The number of aliphatic carboxylic acids is 1. The first-order chi connectivity index (χ1) is 8.95. The Hall–Kier alpha value is -1.10. The summed E-state index contributed by atoms with van der Waals surface area (Å²) in [5, 5.41) is 16.9. The van der Waals surface area contributed by atoms with Crippen LogP contribution in [0.3, 0.4) is 0 Å². The fourth-order valence-electron chi connectivity index (χ4n) is 2.75. The number of hydrogen-bond acceptors (Lipinski definition) is 4. The summed E-state index contributed by atoms with van der Waals surface area (Å²) >= 11 is 0. The van der Waals surface area contributed by atoms with Crippen LogP contribution in [0.5, 0.6) is 0 Å². The molecule has 2 N–H and O–H groups in total. The minimum absolute atomic E-state index is 0.132. The molecule has 5 heteroatoms. The highest BCUT2D eigenvalue weighted by molar-refractivity contribution is 5.84. The van der Waals surface area contributed by atoms with Crippen molar-refractivity contribution in [3.8, 4) is 0 Å². The van der Waals surface area contributed by atoms with Crippen molar-refractivity contribution >= 4 is 11.9 Å². The van der Waals surface area contributed by atoms with Crippen LogP contribution >= 0.6 is 0 Å². The number of carboxylic acid groups (broad SMARTS) is 1. The molecule has 1 aliphatic carbocycles. The number of carbonyl (C=O) groups is 2. The van der Waals surface area contributed by atoms with E-state index in [9.17, 15) is 14.7 Å². The second kappa shape index (κ2) is 7.48. The molecular weight excluding hydrogens is 244 g/mol. The molecule has 0 aromatic rings. The third-order valence-electron chi connectivity index (χ3n) is 3.78. The Morgan fingerprint density at radius 3 is 2.42 bits per heavy atom. The van der Waals surface area contributed by atoms with E-state index < -0.39 is 12.0 Å². The Bertz CT molecular complexity index is 318.